The van der Waals surface area contributed by atoms with E-state index in [0.717, 1.165) is 101 Å². The van der Waals surface area contributed by atoms with Gasteiger partial charge in [-0.3, -0.25) is 9.98 Å². The molecule has 10 nitrogen and oxygen atoms in total. The van der Waals surface area contributed by atoms with E-state index in [1.165, 1.54) is 58.7 Å². The van der Waals surface area contributed by atoms with E-state index < -0.39 is 34.9 Å². The monoisotopic (exact) mass is 908 g/mol. The minimum Gasteiger partial charge on any atom is -0.869 e. The second-order valence-corrected chi connectivity index (χ2v) is 15.6. The van der Waals surface area contributed by atoms with Crippen LogP contribution < -0.4 is 10.2 Å². The third-order valence-electron chi connectivity index (χ3n) is 10.1. The SMILES string of the molecule is CCCCC(=Nc1cc(CCC)cc(CCC)c1)C(CC)=Nc1cc(CCC)cc(CCC)c1.CCCc1ccc(O)c([O-])c1C(=O)O.CCCc1ccc(O)c([O-])c1C(=O)O.[Ni+2]. The van der Waals surface area contributed by atoms with Crippen LogP contribution in [0, 0.1) is 0 Å². The molecule has 0 aliphatic carbocycles. The van der Waals surface area contributed by atoms with Gasteiger partial charge in [0.15, 0.2) is 0 Å². The molecule has 4 aromatic carbocycles. The molecule has 0 saturated carbocycles. The number of aromatic hydroxyl groups is 2. The fourth-order valence-electron chi connectivity index (χ4n) is 7.26. The molecule has 0 spiro atoms. The van der Waals surface area contributed by atoms with Crippen molar-refractivity contribution in [1.29, 1.82) is 0 Å². The van der Waals surface area contributed by atoms with Crippen LogP contribution in [0.5, 0.6) is 23.0 Å². The van der Waals surface area contributed by atoms with Crippen molar-refractivity contribution in [3.8, 4) is 23.0 Å². The number of hydrogen-bond acceptors (Lipinski definition) is 8. The number of phenols is 2. The number of carbonyl (C=O) groups is 2. The van der Waals surface area contributed by atoms with Gasteiger partial charge in [-0.1, -0.05) is 136 Å². The maximum absolute atomic E-state index is 11.3. The van der Waals surface area contributed by atoms with Gasteiger partial charge in [-0.2, -0.15) is 0 Å². The maximum atomic E-state index is 11.3. The smallest absolute Gasteiger partial charge is 0.869 e. The number of nitrogens with zero attached hydrogens (tertiary/aromatic N) is 2. The van der Waals surface area contributed by atoms with Crippen LogP contribution in [-0.2, 0) is 55.0 Å². The summed E-state index contributed by atoms with van der Waals surface area (Å²) >= 11 is 0. The van der Waals surface area contributed by atoms with E-state index in [9.17, 15) is 19.8 Å². The van der Waals surface area contributed by atoms with E-state index in [0.29, 0.717) is 24.0 Å². The summed E-state index contributed by atoms with van der Waals surface area (Å²) in [6.07, 6.45) is 15.9. The second-order valence-electron chi connectivity index (χ2n) is 15.6. The zero-order valence-corrected chi connectivity index (χ0v) is 39.7. The van der Waals surface area contributed by atoms with Gasteiger partial charge in [0.2, 0.25) is 0 Å². The van der Waals surface area contributed by atoms with E-state index in [1.54, 1.807) is 0 Å². The first-order valence-electron chi connectivity index (χ1n) is 22.6. The number of aromatic carboxylic acids is 2. The Balaban J connectivity index is 0.000000560. The summed E-state index contributed by atoms with van der Waals surface area (Å²) in [7, 11) is 0. The molecule has 0 aliphatic heterocycles. The Morgan fingerprint density at radius 2 is 0.825 bits per heavy atom. The van der Waals surface area contributed by atoms with Crippen molar-refractivity contribution in [1.82, 2.24) is 0 Å². The largest absolute Gasteiger partial charge is 2.00 e. The van der Waals surface area contributed by atoms with Gasteiger partial charge >= 0.3 is 28.4 Å². The van der Waals surface area contributed by atoms with Crippen LogP contribution in [0.25, 0.3) is 0 Å². The number of aliphatic imine (C=N–C) groups is 2. The quantitative estimate of drug-likeness (QED) is 0.0470. The van der Waals surface area contributed by atoms with Crippen molar-refractivity contribution < 1.29 is 56.7 Å². The number of carboxylic acids is 2. The summed E-state index contributed by atoms with van der Waals surface area (Å²) < 4.78 is 0. The van der Waals surface area contributed by atoms with Gasteiger partial charge in [0, 0.05) is 0 Å². The molecule has 0 saturated heterocycles. The van der Waals surface area contributed by atoms with E-state index in [2.05, 4.69) is 77.9 Å². The molecule has 0 bridgehead atoms. The van der Waals surface area contributed by atoms with Crippen LogP contribution >= 0.6 is 0 Å². The molecule has 0 heterocycles. The van der Waals surface area contributed by atoms with Crippen LogP contribution in [0.4, 0.5) is 11.4 Å². The first-order chi connectivity index (χ1) is 29.7. The Kier molecular flexibility index (Phi) is 26.6. The Hall–Kier alpha value is -5.15. The standard InChI is InChI=1S/C32H48N2.2C10H12O4.Ni/c1-7-13-18-32(34-30-23-27(16-10-4)20-28(24-30)17-11-5)31(12-6)33-29-21-25(14-8-2)19-26(22-29)15-9-3;2*1-2-3-6-4-5-7(11)9(12)8(6)10(13)14;/h19-24H,7-18H2,1-6H3;2*4-5,11-12H,2-3H2,1H3,(H,13,14);/q;;;+2/p-2. The second kappa shape index (κ2) is 30.0. The molecule has 0 aromatic heterocycles. The molecule has 0 unspecified atom stereocenters. The Bertz CT molecular complexity index is 1990. The minimum atomic E-state index is -1.28. The fraction of sp³-hybridized carbons (Fsp3) is 0.462. The Morgan fingerprint density at radius 3 is 1.11 bits per heavy atom. The van der Waals surface area contributed by atoms with Gasteiger partial charge in [-0.05, 0) is 128 Å². The van der Waals surface area contributed by atoms with Gasteiger partial charge in [-0.25, -0.2) is 9.59 Å². The molecule has 11 heteroatoms. The molecule has 0 amide bonds. The van der Waals surface area contributed by atoms with Gasteiger partial charge < -0.3 is 30.6 Å². The summed E-state index contributed by atoms with van der Waals surface area (Å²) in [5.41, 5.74) is 10.5. The van der Waals surface area contributed by atoms with Crippen LogP contribution in [0.3, 0.4) is 0 Å². The van der Waals surface area contributed by atoms with Crippen LogP contribution in [0.1, 0.15) is 174 Å². The van der Waals surface area contributed by atoms with E-state index in [-0.39, 0.29) is 27.6 Å². The number of phenolic OH excluding ortho intramolecular Hbond substituents is 2. The van der Waals surface area contributed by atoms with Gasteiger partial charge in [0.1, 0.15) is 11.5 Å². The molecule has 0 atom stereocenters. The first-order valence-corrected chi connectivity index (χ1v) is 22.6. The molecule has 63 heavy (non-hydrogen) atoms. The van der Waals surface area contributed by atoms with Gasteiger partial charge in [0.05, 0.1) is 33.9 Å². The molecular formula is C52H70N2NiO8. The van der Waals surface area contributed by atoms with Crippen molar-refractivity contribution in [3.63, 3.8) is 0 Å². The molecule has 346 valence electrons. The molecule has 4 aromatic rings. The van der Waals surface area contributed by atoms with Crippen LogP contribution in [-0.4, -0.2) is 43.8 Å². The summed E-state index contributed by atoms with van der Waals surface area (Å²) in [4.78, 5) is 32.0. The molecule has 4 N–H and O–H groups in total. The predicted molar refractivity (Wildman–Crippen MR) is 250 cm³/mol. The summed E-state index contributed by atoms with van der Waals surface area (Å²) in [5, 5.41) is 58.3. The van der Waals surface area contributed by atoms with Gasteiger partial charge in [-0.15, -0.1) is 0 Å². The first kappa shape index (κ1) is 55.9. The number of benzene rings is 4. The number of carboxylic acid groups (broad SMARTS) is 2. The van der Waals surface area contributed by atoms with Crippen molar-refractivity contribution in [2.45, 2.75) is 158 Å². The third-order valence-corrected chi connectivity index (χ3v) is 10.1. The Labute approximate surface area is 386 Å². The summed E-state index contributed by atoms with van der Waals surface area (Å²) in [5.74, 6) is -5.19. The summed E-state index contributed by atoms with van der Waals surface area (Å²) in [6, 6.07) is 19.3. The fourth-order valence-corrected chi connectivity index (χ4v) is 7.26. The van der Waals surface area contributed by atoms with E-state index in [1.807, 2.05) is 13.8 Å². The minimum absolute atomic E-state index is 0. The van der Waals surface area contributed by atoms with E-state index >= 15 is 0 Å². The number of hydrogen-bond donors (Lipinski definition) is 4. The third kappa shape index (κ3) is 18.2. The van der Waals surface area contributed by atoms with Gasteiger partial charge in [0.25, 0.3) is 0 Å². The zero-order valence-electron chi connectivity index (χ0n) is 38.7. The number of rotatable bonds is 21. The average Bonchev–Trinajstić information content (AvgIpc) is 3.22. The molecule has 0 radical (unpaired) electrons. The number of aryl methyl sites for hydroxylation is 6. The maximum Gasteiger partial charge on any atom is 2.00 e. The molecule has 0 aliphatic rings. The van der Waals surface area contributed by atoms with Crippen LogP contribution in [0.15, 0.2) is 70.6 Å². The predicted octanol–water partition coefficient (Wildman–Crippen LogP) is 12.2. The topological polar surface area (TPSA) is 186 Å². The summed E-state index contributed by atoms with van der Waals surface area (Å²) in [6.45, 7) is 17.3. The van der Waals surface area contributed by atoms with Crippen LogP contribution in [0.2, 0.25) is 0 Å². The van der Waals surface area contributed by atoms with Crippen molar-refractivity contribution >= 4 is 34.7 Å². The van der Waals surface area contributed by atoms with E-state index in [4.69, 9.17) is 30.4 Å². The van der Waals surface area contributed by atoms with Crippen molar-refractivity contribution in [3.05, 3.63) is 105 Å². The zero-order chi connectivity index (χ0) is 46.2. The van der Waals surface area contributed by atoms with Crippen molar-refractivity contribution in [2.24, 2.45) is 9.98 Å². The number of unbranched alkanes of at least 4 members (excludes halogenated alkanes) is 1. The Morgan fingerprint density at radius 1 is 0.492 bits per heavy atom. The molecule has 0 fully saturated rings. The molecule has 4 rings (SSSR count). The normalized spacial score (nSPS) is 11.2. The average molecular weight is 910 g/mol. The molecular weight excluding hydrogens is 839 g/mol. The van der Waals surface area contributed by atoms with Crippen molar-refractivity contribution in [2.75, 3.05) is 0 Å².